The van der Waals surface area contributed by atoms with Crippen LogP contribution in [0.3, 0.4) is 0 Å². The number of anilines is 2. The number of hydrogen-bond donors (Lipinski definition) is 3. The van der Waals surface area contributed by atoms with Gasteiger partial charge in [0.2, 0.25) is 0 Å². The van der Waals surface area contributed by atoms with E-state index in [9.17, 15) is 18.0 Å². The molecule has 0 aliphatic rings. The Kier molecular flexibility index (Phi) is 5.65. The van der Waals surface area contributed by atoms with Gasteiger partial charge < -0.3 is 11.1 Å². The third-order valence-electron chi connectivity index (χ3n) is 4.24. The molecule has 29 heavy (non-hydrogen) atoms. The number of nitrogens with one attached hydrogen (secondary N) is 2. The minimum absolute atomic E-state index is 0.115. The van der Waals surface area contributed by atoms with Crippen LogP contribution < -0.4 is 15.8 Å². The molecule has 0 saturated carbocycles. The lowest BCUT2D eigenvalue weighted by Gasteiger charge is -2.13. The van der Waals surface area contributed by atoms with Crippen molar-refractivity contribution in [2.24, 2.45) is 5.73 Å². The minimum Gasteiger partial charge on any atom is -0.366 e. The summed E-state index contributed by atoms with van der Waals surface area (Å²) in [6.07, 6.45) is 0. The molecular weight excluding hydrogens is 390 g/mol. The highest BCUT2D eigenvalue weighted by atomic mass is 32.2. The van der Waals surface area contributed by atoms with Crippen molar-refractivity contribution in [2.75, 3.05) is 10.0 Å². The van der Waals surface area contributed by atoms with Crippen LogP contribution in [-0.4, -0.2) is 20.2 Å². The van der Waals surface area contributed by atoms with Crippen molar-refractivity contribution >= 4 is 33.2 Å². The van der Waals surface area contributed by atoms with E-state index < -0.39 is 21.8 Å². The van der Waals surface area contributed by atoms with E-state index in [1.54, 1.807) is 55.5 Å². The smallest absolute Gasteiger partial charge is 0.261 e. The van der Waals surface area contributed by atoms with Crippen molar-refractivity contribution in [1.29, 1.82) is 0 Å². The number of rotatable bonds is 6. The molecule has 3 aromatic rings. The second kappa shape index (κ2) is 8.15. The summed E-state index contributed by atoms with van der Waals surface area (Å²) < 4.78 is 27.7. The number of sulfonamides is 1. The average molecular weight is 409 g/mol. The van der Waals surface area contributed by atoms with E-state index in [4.69, 9.17) is 5.73 Å². The molecule has 0 saturated heterocycles. The van der Waals surface area contributed by atoms with Crippen molar-refractivity contribution in [3.05, 3.63) is 89.5 Å². The van der Waals surface area contributed by atoms with Crippen molar-refractivity contribution in [3.8, 4) is 0 Å². The zero-order valence-electron chi connectivity index (χ0n) is 15.5. The van der Waals surface area contributed by atoms with E-state index >= 15 is 0 Å². The van der Waals surface area contributed by atoms with Gasteiger partial charge in [0.15, 0.2) is 0 Å². The SMILES string of the molecule is Cc1ccc(C(=O)Nc2ccccc2C(N)=O)cc1NS(=O)(=O)c1ccccc1. The first-order valence-corrected chi connectivity index (χ1v) is 10.1. The van der Waals surface area contributed by atoms with Crippen LogP contribution in [0.25, 0.3) is 0 Å². The van der Waals surface area contributed by atoms with Crippen LogP contribution in [0, 0.1) is 6.92 Å². The standard InChI is InChI=1S/C21H19N3O4S/c1-14-11-12-15(21(26)23-18-10-6-5-9-17(18)20(22)25)13-19(14)24-29(27,28)16-7-3-2-4-8-16/h2-13,24H,1H3,(H2,22,25)(H,23,26). The van der Waals surface area contributed by atoms with Gasteiger partial charge >= 0.3 is 0 Å². The summed E-state index contributed by atoms with van der Waals surface area (Å²) in [4.78, 5) is 24.3. The molecule has 2 amide bonds. The monoisotopic (exact) mass is 409 g/mol. The highest BCUT2D eigenvalue weighted by Crippen LogP contribution is 2.22. The van der Waals surface area contributed by atoms with E-state index in [1.165, 1.54) is 24.3 Å². The van der Waals surface area contributed by atoms with E-state index in [1.807, 2.05) is 0 Å². The Balaban J connectivity index is 1.88. The first-order valence-electron chi connectivity index (χ1n) is 8.66. The molecule has 0 bridgehead atoms. The van der Waals surface area contributed by atoms with Crippen molar-refractivity contribution in [2.45, 2.75) is 11.8 Å². The predicted molar refractivity (Wildman–Crippen MR) is 111 cm³/mol. The quantitative estimate of drug-likeness (QED) is 0.579. The topological polar surface area (TPSA) is 118 Å². The van der Waals surface area contributed by atoms with Crippen LogP contribution >= 0.6 is 0 Å². The Labute approximate surface area is 168 Å². The molecule has 7 nitrogen and oxygen atoms in total. The molecule has 8 heteroatoms. The number of nitrogens with two attached hydrogens (primary N) is 1. The van der Waals surface area contributed by atoms with Crippen molar-refractivity contribution < 1.29 is 18.0 Å². The second-order valence-corrected chi connectivity index (χ2v) is 7.99. The summed E-state index contributed by atoms with van der Waals surface area (Å²) in [5.74, 6) is -1.17. The van der Waals surface area contributed by atoms with Gasteiger partial charge in [-0.1, -0.05) is 36.4 Å². The van der Waals surface area contributed by atoms with Crippen LogP contribution in [0.4, 0.5) is 11.4 Å². The number of para-hydroxylation sites is 1. The Morgan fingerprint density at radius 1 is 0.862 bits per heavy atom. The number of carbonyl (C=O) groups is 2. The maximum absolute atomic E-state index is 12.6. The van der Waals surface area contributed by atoms with Crippen LogP contribution in [0.15, 0.2) is 77.7 Å². The lowest BCUT2D eigenvalue weighted by molar-refractivity contribution is 0.100. The lowest BCUT2D eigenvalue weighted by Crippen LogP contribution is -2.19. The number of carbonyl (C=O) groups excluding carboxylic acids is 2. The predicted octanol–water partition coefficient (Wildman–Crippen LogP) is 3.15. The van der Waals surface area contributed by atoms with E-state index in [0.29, 0.717) is 5.56 Å². The molecule has 0 spiro atoms. The Bertz CT molecular complexity index is 1180. The van der Waals surface area contributed by atoms with Crippen LogP contribution in [-0.2, 0) is 10.0 Å². The summed E-state index contributed by atoms with van der Waals surface area (Å²) in [6, 6.07) is 19.0. The number of amides is 2. The number of benzene rings is 3. The molecule has 0 fully saturated rings. The minimum atomic E-state index is -3.80. The third kappa shape index (κ3) is 4.61. The summed E-state index contributed by atoms with van der Waals surface area (Å²) in [5.41, 5.74) is 6.94. The number of hydrogen-bond acceptors (Lipinski definition) is 4. The summed E-state index contributed by atoms with van der Waals surface area (Å²) in [6.45, 7) is 1.73. The highest BCUT2D eigenvalue weighted by Gasteiger charge is 2.17. The second-order valence-electron chi connectivity index (χ2n) is 6.31. The van der Waals surface area contributed by atoms with Gasteiger partial charge in [0.25, 0.3) is 21.8 Å². The molecular formula is C21H19N3O4S. The van der Waals surface area contributed by atoms with Crippen LogP contribution in [0.2, 0.25) is 0 Å². The normalized spacial score (nSPS) is 10.9. The number of aryl methyl sites for hydroxylation is 1. The maximum Gasteiger partial charge on any atom is 0.261 e. The fourth-order valence-corrected chi connectivity index (χ4v) is 3.82. The molecule has 0 heterocycles. The Hall–Kier alpha value is -3.65. The van der Waals surface area contributed by atoms with Crippen LogP contribution in [0.1, 0.15) is 26.3 Å². The average Bonchev–Trinajstić information content (AvgIpc) is 2.70. The Morgan fingerprint density at radius 2 is 1.52 bits per heavy atom. The van der Waals surface area contributed by atoms with Crippen molar-refractivity contribution in [1.82, 2.24) is 0 Å². The van der Waals surface area contributed by atoms with E-state index in [-0.39, 0.29) is 27.4 Å². The van der Waals surface area contributed by atoms with Crippen LogP contribution in [0.5, 0.6) is 0 Å². The van der Waals surface area contributed by atoms with Gasteiger partial charge in [-0.05, 0) is 48.9 Å². The largest absolute Gasteiger partial charge is 0.366 e. The molecule has 3 aromatic carbocycles. The summed E-state index contributed by atoms with van der Waals surface area (Å²) in [7, 11) is -3.80. The zero-order valence-corrected chi connectivity index (χ0v) is 16.4. The molecule has 0 aliphatic heterocycles. The Morgan fingerprint density at radius 3 is 2.21 bits per heavy atom. The van der Waals surface area contributed by atoms with E-state index in [2.05, 4.69) is 10.0 Å². The first kappa shape index (κ1) is 20.1. The van der Waals surface area contributed by atoms with Gasteiger partial charge in [-0.25, -0.2) is 8.42 Å². The van der Waals surface area contributed by atoms with Gasteiger partial charge in [0.1, 0.15) is 0 Å². The zero-order chi connectivity index (χ0) is 21.0. The third-order valence-corrected chi connectivity index (χ3v) is 5.62. The molecule has 4 N–H and O–H groups in total. The lowest BCUT2D eigenvalue weighted by atomic mass is 10.1. The van der Waals surface area contributed by atoms with E-state index in [0.717, 1.165) is 0 Å². The maximum atomic E-state index is 12.6. The summed E-state index contributed by atoms with van der Waals surface area (Å²) >= 11 is 0. The number of primary amides is 1. The molecule has 0 atom stereocenters. The molecule has 148 valence electrons. The fraction of sp³-hybridized carbons (Fsp3) is 0.0476. The van der Waals surface area contributed by atoms with Gasteiger partial charge in [-0.15, -0.1) is 0 Å². The highest BCUT2D eigenvalue weighted by molar-refractivity contribution is 7.92. The molecule has 0 unspecified atom stereocenters. The van der Waals surface area contributed by atoms with Crippen molar-refractivity contribution in [3.63, 3.8) is 0 Å². The molecule has 3 rings (SSSR count). The molecule has 0 aliphatic carbocycles. The fourth-order valence-electron chi connectivity index (χ4n) is 2.68. The molecule has 0 aromatic heterocycles. The van der Waals surface area contributed by atoms with Gasteiger partial charge in [0.05, 0.1) is 21.8 Å². The van der Waals surface area contributed by atoms with Gasteiger partial charge in [-0.2, -0.15) is 0 Å². The first-order chi connectivity index (χ1) is 13.8. The van der Waals surface area contributed by atoms with Gasteiger partial charge in [-0.3, -0.25) is 14.3 Å². The van der Waals surface area contributed by atoms with Gasteiger partial charge in [0, 0.05) is 5.56 Å². The molecule has 0 radical (unpaired) electrons. The summed E-state index contributed by atoms with van der Waals surface area (Å²) in [5, 5.41) is 2.63.